The van der Waals surface area contributed by atoms with Crippen molar-refractivity contribution in [2.75, 3.05) is 6.54 Å². The van der Waals surface area contributed by atoms with Crippen molar-refractivity contribution in [3.63, 3.8) is 0 Å². The topological polar surface area (TPSA) is 46.4 Å². The molecule has 0 radical (unpaired) electrons. The molecule has 1 aromatic rings. The zero-order valence-corrected chi connectivity index (χ0v) is 12.1. The Morgan fingerprint density at radius 2 is 2.00 bits per heavy atom. The van der Waals surface area contributed by atoms with Crippen LogP contribution in [0.3, 0.4) is 0 Å². The minimum absolute atomic E-state index is 0.437. The molecule has 0 spiro atoms. The molecule has 1 atom stereocenters. The van der Waals surface area contributed by atoms with E-state index in [1.165, 1.54) is 50.7 Å². The highest BCUT2D eigenvalue weighted by molar-refractivity contribution is 5.35. The van der Waals surface area contributed by atoms with Gasteiger partial charge in [0.2, 0.25) is 5.82 Å². The molecule has 2 fully saturated rings. The van der Waals surface area contributed by atoms with Crippen LogP contribution in [0, 0.1) is 21.8 Å². The van der Waals surface area contributed by atoms with Crippen LogP contribution in [0.25, 0.3) is 0 Å². The summed E-state index contributed by atoms with van der Waals surface area (Å²) >= 11 is 0. The van der Waals surface area contributed by atoms with Crippen LogP contribution in [0.15, 0.2) is 18.2 Å². The molecule has 1 unspecified atom stereocenters. The number of hydrogen-bond acceptors (Lipinski definition) is 3. The van der Waals surface area contributed by atoms with Crippen LogP contribution >= 0.6 is 0 Å². The molecule has 0 amide bonds. The molecule has 1 aliphatic carbocycles. The second-order valence-corrected chi connectivity index (χ2v) is 6.27. The number of nitro benzene ring substituents is 1. The number of nitrogens with zero attached hydrogens (tertiary/aromatic N) is 2. The van der Waals surface area contributed by atoms with Gasteiger partial charge in [-0.25, -0.2) is 0 Å². The molecule has 5 heteroatoms. The van der Waals surface area contributed by atoms with Crippen LogP contribution in [0.1, 0.15) is 44.1 Å². The molecule has 21 heavy (non-hydrogen) atoms. The van der Waals surface area contributed by atoms with Crippen molar-refractivity contribution in [1.29, 1.82) is 0 Å². The van der Waals surface area contributed by atoms with Crippen molar-refractivity contribution in [1.82, 2.24) is 4.90 Å². The Hall–Kier alpha value is -1.49. The van der Waals surface area contributed by atoms with Gasteiger partial charge in [0.15, 0.2) is 0 Å². The summed E-state index contributed by atoms with van der Waals surface area (Å²) in [6.07, 6.45) is 7.74. The van der Waals surface area contributed by atoms with Crippen LogP contribution in [0.2, 0.25) is 0 Å². The molecule has 114 valence electrons. The van der Waals surface area contributed by atoms with Crippen LogP contribution in [-0.4, -0.2) is 22.4 Å². The summed E-state index contributed by atoms with van der Waals surface area (Å²) in [5, 5.41) is 10.7. The van der Waals surface area contributed by atoms with E-state index in [4.69, 9.17) is 0 Å². The van der Waals surface area contributed by atoms with Gasteiger partial charge in [0.25, 0.3) is 0 Å². The predicted octanol–water partition coefficient (Wildman–Crippen LogP) is 3.89. The van der Waals surface area contributed by atoms with E-state index < -0.39 is 16.4 Å². The number of rotatable bonds is 4. The Kier molecular flexibility index (Phi) is 4.19. The van der Waals surface area contributed by atoms with Crippen molar-refractivity contribution in [3.8, 4) is 0 Å². The second kappa shape index (κ2) is 6.10. The normalized spacial score (nSPS) is 23.8. The van der Waals surface area contributed by atoms with E-state index in [2.05, 4.69) is 4.90 Å². The Labute approximate surface area is 124 Å². The highest BCUT2D eigenvalue weighted by atomic mass is 19.1. The van der Waals surface area contributed by atoms with Crippen LogP contribution < -0.4 is 0 Å². The summed E-state index contributed by atoms with van der Waals surface area (Å²) in [5.41, 5.74) is 0.399. The first kappa shape index (κ1) is 14.4. The molecule has 2 aliphatic rings. The van der Waals surface area contributed by atoms with E-state index in [9.17, 15) is 14.5 Å². The smallest absolute Gasteiger partial charge is 0.296 e. The van der Waals surface area contributed by atoms with E-state index in [1.807, 2.05) is 0 Å². The molecule has 1 aliphatic heterocycles. The van der Waals surface area contributed by atoms with Gasteiger partial charge in [-0.2, -0.15) is 4.39 Å². The first-order valence-corrected chi connectivity index (χ1v) is 7.82. The van der Waals surface area contributed by atoms with Crippen LogP contribution in [0.5, 0.6) is 0 Å². The zero-order chi connectivity index (χ0) is 14.8. The van der Waals surface area contributed by atoms with Gasteiger partial charge in [-0.1, -0.05) is 18.9 Å². The average Bonchev–Trinajstić information content (AvgIpc) is 3.08. The molecular weight excluding hydrogens is 271 g/mol. The van der Waals surface area contributed by atoms with Gasteiger partial charge in [-0.05, 0) is 49.8 Å². The maximum atomic E-state index is 13.7. The van der Waals surface area contributed by atoms with Crippen molar-refractivity contribution < 1.29 is 9.31 Å². The number of likely N-dealkylation sites (tertiary alicyclic amines) is 1. The number of hydrogen-bond donors (Lipinski definition) is 0. The summed E-state index contributed by atoms with van der Waals surface area (Å²) < 4.78 is 13.7. The minimum atomic E-state index is -0.728. The van der Waals surface area contributed by atoms with Gasteiger partial charge < -0.3 is 0 Å². The summed E-state index contributed by atoms with van der Waals surface area (Å²) in [4.78, 5) is 12.4. The fraction of sp³-hybridized carbons (Fsp3) is 0.625. The molecule has 0 bridgehead atoms. The molecule has 0 aromatic heterocycles. The maximum absolute atomic E-state index is 13.7. The molecular formula is C16H21FN2O2. The largest absolute Gasteiger partial charge is 0.304 e. The van der Waals surface area contributed by atoms with E-state index in [0.717, 1.165) is 18.0 Å². The van der Waals surface area contributed by atoms with E-state index in [-0.39, 0.29) is 0 Å². The van der Waals surface area contributed by atoms with Gasteiger partial charge in [-0.3, -0.25) is 15.0 Å². The third-order valence-corrected chi connectivity index (χ3v) is 4.95. The van der Waals surface area contributed by atoms with Crippen molar-refractivity contribution in [3.05, 3.63) is 39.7 Å². The van der Waals surface area contributed by atoms with Gasteiger partial charge in [0.05, 0.1) is 4.92 Å². The Balaban J connectivity index is 1.70. The lowest BCUT2D eigenvalue weighted by Crippen LogP contribution is -2.34. The quantitative estimate of drug-likeness (QED) is 0.625. The Morgan fingerprint density at radius 3 is 2.67 bits per heavy atom. The van der Waals surface area contributed by atoms with Crippen molar-refractivity contribution >= 4 is 5.69 Å². The predicted molar refractivity (Wildman–Crippen MR) is 78.4 cm³/mol. The second-order valence-electron chi connectivity index (χ2n) is 6.27. The van der Waals surface area contributed by atoms with Gasteiger partial charge in [-0.15, -0.1) is 0 Å². The van der Waals surface area contributed by atoms with E-state index in [0.29, 0.717) is 12.6 Å². The number of nitro groups is 1. The monoisotopic (exact) mass is 292 g/mol. The summed E-state index contributed by atoms with van der Waals surface area (Å²) in [6.45, 7) is 1.76. The summed E-state index contributed by atoms with van der Waals surface area (Å²) in [5.74, 6) is 0.0597. The highest BCUT2D eigenvalue weighted by Gasteiger charge is 2.33. The first-order valence-electron chi connectivity index (χ1n) is 7.82. The van der Waals surface area contributed by atoms with Crippen molar-refractivity contribution in [2.24, 2.45) is 5.92 Å². The van der Waals surface area contributed by atoms with E-state index in [1.54, 1.807) is 6.07 Å². The average molecular weight is 292 g/mol. The summed E-state index contributed by atoms with van der Waals surface area (Å²) in [7, 11) is 0. The van der Waals surface area contributed by atoms with Gasteiger partial charge in [0.1, 0.15) is 0 Å². The zero-order valence-electron chi connectivity index (χ0n) is 12.1. The molecule has 3 rings (SSSR count). The highest BCUT2D eigenvalue weighted by Crippen LogP contribution is 2.36. The fourth-order valence-corrected chi connectivity index (χ4v) is 3.96. The lowest BCUT2D eigenvalue weighted by Gasteiger charge is -2.29. The third-order valence-electron chi connectivity index (χ3n) is 4.95. The Morgan fingerprint density at radius 1 is 1.24 bits per heavy atom. The lowest BCUT2D eigenvalue weighted by atomic mass is 9.96. The molecule has 0 N–H and O–H groups in total. The minimum Gasteiger partial charge on any atom is -0.296 e. The number of halogens is 1. The van der Waals surface area contributed by atoms with Crippen molar-refractivity contribution in [2.45, 2.75) is 51.1 Å². The van der Waals surface area contributed by atoms with Crippen LogP contribution in [0.4, 0.5) is 10.1 Å². The molecule has 1 aromatic carbocycles. The fourth-order valence-electron chi connectivity index (χ4n) is 3.96. The Bertz CT molecular complexity index is 529. The molecule has 1 saturated carbocycles. The van der Waals surface area contributed by atoms with E-state index >= 15 is 0 Å². The van der Waals surface area contributed by atoms with Gasteiger partial charge >= 0.3 is 5.69 Å². The first-order chi connectivity index (χ1) is 10.1. The number of benzene rings is 1. The molecule has 1 heterocycles. The molecule has 1 saturated heterocycles. The maximum Gasteiger partial charge on any atom is 0.304 e. The standard InChI is InChI=1S/C16H21FN2O2/c17-14-10-12(7-8-16(14)19(20)21)11-18-9-3-6-15(18)13-4-1-2-5-13/h7-8,10,13,15H,1-6,9,11H2. The summed E-state index contributed by atoms with van der Waals surface area (Å²) in [6, 6.07) is 4.91. The molecule has 4 nitrogen and oxygen atoms in total. The third kappa shape index (κ3) is 3.07. The SMILES string of the molecule is O=[N+]([O-])c1ccc(CN2CCCC2C2CCCC2)cc1F. The van der Waals surface area contributed by atoms with Crippen LogP contribution in [-0.2, 0) is 6.54 Å². The lowest BCUT2D eigenvalue weighted by molar-refractivity contribution is -0.387. The van der Waals surface area contributed by atoms with Gasteiger partial charge in [0, 0.05) is 18.7 Å².